The quantitative estimate of drug-likeness (QED) is 0.0398. The molecule has 0 bridgehead atoms. The van der Waals surface area contributed by atoms with Crippen molar-refractivity contribution < 1.29 is 62.5 Å². The van der Waals surface area contributed by atoms with Crippen molar-refractivity contribution in [1.82, 2.24) is 19.9 Å². The number of amides is 1. The number of hydrogen-bond acceptors (Lipinski definition) is 11. The molecular formula is C42H39F9N8O5S2. The molecule has 4 aromatic heterocycles. The van der Waals surface area contributed by atoms with Gasteiger partial charge in [-0.2, -0.15) is 26.3 Å². The number of hydrogen-bond donors (Lipinski definition) is 5. The van der Waals surface area contributed by atoms with Crippen molar-refractivity contribution in [3.05, 3.63) is 131 Å². The van der Waals surface area contributed by atoms with Crippen LogP contribution < -0.4 is 20.1 Å². The van der Waals surface area contributed by atoms with E-state index in [0.717, 1.165) is 49.0 Å². The van der Waals surface area contributed by atoms with E-state index in [1.165, 1.54) is 48.7 Å². The molecule has 0 aliphatic rings. The molecule has 0 fully saturated rings. The summed E-state index contributed by atoms with van der Waals surface area (Å²) >= 11 is 0. The predicted molar refractivity (Wildman–Crippen MR) is 231 cm³/mol. The summed E-state index contributed by atoms with van der Waals surface area (Å²) in [5, 5.41) is 5.42. The number of ether oxygens (including phenoxy) is 2. The molecule has 6 aromatic rings. The molecule has 1 atom stereocenters. The summed E-state index contributed by atoms with van der Waals surface area (Å²) in [5.41, 5.74) is 0.981. The number of rotatable bonds is 14. The summed E-state index contributed by atoms with van der Waals surface area (Å²) in [4.78, 5) is 26.2. The van der Waals surface area contributed by atoms with E-state index < -0.39 is 72.8 Å². The SMILES string of the molecule is CCOc1cc(F)ccc1-c1cc(Nc2cc(CS(C)(=N)=O)cc(F)n2)ncc1F.CCOc1cc(F)ccc1-c1cc(Nc2cc(C[SH](C)(O)=NC(=O)C(F)(F)F)cc(F)n2)ncc1F. The number of alkyl halides is 3. The molecule has 4 heterocycles. The van der Waals surface area contributed by atoms with Crippen LogP contribution in [0, 0.1) is 39.9 Å². The number of pyridine rings is 4. The summed E-state index contributed by atoms with van der Waals surface area (Å²) in [7, 11) is -6.66. The van der Waals surface area contributed by atoms with Gasteiger partial charge in [0.1, 0.15) is 58.0 Å². The molecule has 4 N–H and O–H groups in total. The standard InChI is InChI=1S/C22H20F6N4O3S.C20H19F3N4O2S/c1-3-35-17-8-13(23)4-5-14(17)15-9-19(29-10-16(15)24)31-20-7-12(6-18(25)30-20)11-36(2,34)32-21(33)22(26,27)28;1-3-29-17-8-13(21)4-5-14(17)15-9-19(25-10-16(15)22)27-20-7-12(6-18(23)26-20)11-30(2,24)28/h4-10,36H,3,11H2,1-2H3,(H,29,30,31)(H,32,33,34);4-10,24H,3,11H2,1-2H3,(H,25,26,27). The third-order valence-electron chi connectivity index (χ3n) is 8.47. The van der Waals surface area contributed by atoms with Gasteiger partial charge in [-0.15, -0.1) is 10.1 Å². The lowest BCUT2D eigenvalue weighted by Gasteiger charge is -2.19. The van der Waals surface area contributed by atoms with Crippen LogP contribution in [-0.2, 0) is 36.1 Å². The number of carbonyl (C=O) groups excluding carboxylic acids is 1. The summed E-state index contributed by atoms with van der Waals surface area (Å²) in [6.45, 7) is 3.85. The maximum Gasteiger partial charge on any atom is 0.474 e. The van der Waals surface area contributed by atoms with E-state index in [1.807, 2.05) is 0 Å². The fourth-order valence-corrected chi connectivity index (χ4v) is 8.28. The smallest absolute Gasteiger partial charge is 0.474 e. The zero-order valence-corrected chi connectivity index (χ0v) is 36.7. The molecule has 6 rings (SSSR count). The second-order valence-corrected chi connectivity index (χ2v) is 19.2. The van der Waals surface area contributed by atoms with Crippen LogP contribution in [0.5, 0.6) is 11.5 Å². The number of nitrogens with zero attached hydrogens (tertiary/aromatic N) is 5. The van der Waals surface area contributed by atoms with Crippen molar-refractivity contribution in [3.63, 3.8) is 0 Å². The first-order chi connectivity index (χ1) is 30.9. The number of aromatic nitrogens is 4. The molecule has 0 saturated carbocycles. The fourth-order valence-electron chi connectivity index (χ4n) is 6.03. The molecule has 0 aliphatic heterocycles. The van der Waals surface area contributed by atoms with Crippen molar-refractivity contribution in [1.29, 1.82) is 4.78 Å². The molecule has 352 valence electrons. The van der Waals surface area contributed by atoms with Crippen LogP contribution in [0.15, 0.2) is 89.6 Å². The molecule has 0 radical (unpaired) electrons. The van der Waals surface area contributed by atoms with Gasteiger partial charge in [0, 0.05) is 56.1 Å². The van der Waals surface area contributed by atoms with E-state index >= 15 is 0 Å². The highest BCUT2D eigenvalue weighted by Gasteiger charge is 2.39. The van der Waals surface area contributed by atoms with Gasteiger partial charge in [-0.25, -0.2) is 41.7 Å². The van der Waals surface area contributed by atoms with Crippen LogP contribution in [0.1, 0.15) is 25.0 Å². The van der Waals surface area contributed by atoms with Gasteiger partial charge in [-0.05, 0) is 91.9 Å². The van der Waals surface area contributed by atoms with Crippen LogP contribution in [0.4, 0.5) is 62.8 Å². The first-order valence-corrected chi connectivity index (χ1v) is 23.6. The minimum Gasteiger partial charge on any atom is -0.493 e. The van der Waals surface area contributed by atoms with Crippen molar-refractivity contribution >= 4 is 49.0 Å². The van der Waals surface area contributed by atoms with E-state index in [0.29, 0.717) is 11.1 Å². The van der Waals surface area contributed by atoms with Crippen LogP contribution >= 0.6 is 0 Å². The summed E-state index contributed by atoms with van der Waals surface area (Å²) in [5.74, 6) is -7.19. The minimum atomic E-state index is -5.25. The molecule has 2 aromatic carbocycles. The summed E-state index contributed by atoms with van der Waals surface area (Å²) in [6, 6.07) is 14.5. The van der Waals surface area contributed by atoms with Gasteiger partial charge in [-0.1, -0.05) is 0 Å². The largest absolute Gasteiger partial charge is 0.493 e. The highest BCUT2D eigenvalue weighted by molar-refractivity contribution is 7.98. The number of halogens is 9. The van der Waals surface area contributed by atoms with Gasteiger partial charge in [0.2, 0.25) is 11.9 Å². The van der Waals surface area contributed by atoms with Crippen LogP contribution in [0.2, 0.25) is 0 Å². The monoisotopic (exact) mass is 970 g/mol. The van der Waals surface area contributed by atoms with E-state index in [4.69, 9.17) is 14.3 Å². The third-order valence-corrected chi connectivity index (χ3v) is 10.9. The fraction of sp³-hybridized carbons (Fsp3) is 0.214. The Morgan fingerprint density at radius 1 is 0.712 bits per heavy atom. The van der Waals surface area contributed by atoms with E-state index in [9.17, 15) is 53.1 Å². The molecule has 0 spiro atoms. The lowest BCUT2D eigenvalue weighted by atomic mass is 10.0. The summed E-state index contributed by atoms with van der Waals surface area (Å²) in [6.07, 6.45) is -1.19. The summed E-state index contributed by atoms with van der Waals surface area (Å²) < 4.78 is 165. The van der Waals surface area contributed by atoms with Crippen molar-refractivity contribution in [2.24, 2.45) is 4.36 Å². The Morgan fingerprint density at radius 2 is 1.15 bits per heavy atom. The van der Waals surface area contributed by atoms with Crippen molar-refractivity contribution in [2.75, 3.05) is 36.4 Å². The Labute approximate surface area is 372 Å². The maximum absolute atomic E-state index is 14.6. The first-order valence-electron chi connectivity index (χ1n) is 19.1. The lowest BCUT2D eigenvalue weighted by Crippen LogP contribution is -2.24. The first kappa shape index (κ1) is 50.3. The average molecular weight is 971 g/mol. The minimum absolute atomic E-state index is 0.000663. The normalized spacial score (nSPS) is 12.6. The molecule has 24 heteroatoms. The maximum atomic E-state index is 14.6. The number of benzene rings is 2. The molecule has 1 amide bonds. The Kier molecular flexibility index (Phi) is 16.1. The van der Waals surface area contributed by atoms with Crippen molar-refractivity contribution in [2.45, 2.75) is 31.5 Å². The van der Waals surface area contributed by atoms with Gasteiger partial charge >= 0.3 is 12.1 Å². The van der Waals surface area contributed by atoms with Gasteiger partial charge < -0.3 is 24.7 Å². The Hall–Kier alpha value is -6.66. The highest BCUT2D eigenvalue weighted by atomic mass is 32.3. The van der Waals surface area contributed by atoms with Crippen molar-refractivity contribution in [3.8, 4) is 33.8 Å². The second kappa shape index (κ2) is 21.1. The molecule has 1 unspecified atom stereocenters. The second-order valence-electron chi connectivity index (χ2n) is 14.2. The van der Waals surface area contributed by atoms with E-state index in [1.54, 1.807) is 13.8 Å². The molecule has 13 nitrogen and oxygen atoms in total. The Morgan fingerprint density at radius 3 is 1.58 bits per heavy atom. The molecular weight excluding hydrogens is 932 g/mol. The number of nitrogens with one attached hydrogen (secondary N) is 3. The molecule has 0 saturated heterocycles. The van der Waals surface area contributed by atoms with Gasteiger partial charge in [0.25, 0.3) is 0 Å². The van der Waals surface area contributed by atoms with E-state index in [2.05, 4.69) is 34.9 Å². The third kappa shape index (κ3) is 14.4. The number of thiol groups is 1. The predicted octanol–water partition coefficient (Wildman–Crippen LogP) is 10.3. The van der Waals surface area contributed by atoms with Crippen LogP contribution in [-0.4, -0.2) is 66.5 Å². The van der Waals surface area contributed by atoms with Crippen LogP contribution in [0.25, 0.3) is 22.3 Å². The average Bonchev–Trinajstić information content (AvgIpc) is 3.18. The number of anilines is 4. The zero-order valence-electron chi connectivity index (χ0n) is 35.0. The Balaban J connectivity index is 0.000000251. The van der Waals surface area contributed by atoms with Gasteiger partial charge in [-0.3, -0.25) is 9.57 Å². The van der Waals surface area contributed by atoms with Crippen LogP contribution in [0.3, 0.4) is 0 Å². The topological polar surface area (TPSA) is 185 Å². The van der Waals surface area contributed by atoms with E-state index in [-0.39, 0.29) is 76.0 Å². The van der Waals surface area contributed by atoms with Gasteiger partial charge in [0.05, 0.1) is 31.4 Å². The Bertz CT molecular complexity index is 2920. The zero-order chi connectivity index (χ0) is 48.6. The lowest BCUT2D eigenvalue weighted by molar-refractivity contribution is -0.169. The van der Waals surface area contributed by atoms with Gasteiger partial charge in [0.15, 0.2) is 0 Å². The molecule has 66 heavy (non-hydrogen) atoms. The molecule has 0 aliphatic carbocycles. The number of carbonyl (C=O) groups is 1. The highest BCUT2D eigenvalue weighted by Crippen LogP contribution is 2.36.